The molecule has 2 fully saturated rings. The minimum atomic E-state index is -4.57. The van der Waals surface area contributed by atoms with E-state index >= 15 is 0 Å². The summed E-state index contributed by atoms with van der Waals surface area (Å²) in [6, 6.07) is 1.36. The summed E-state index contributed by atoms with van der Waals surface area (Å²) in [6.07, 6.45) is -1.59. The van der Waals surface area contributed by atoms with Gasteiger partial charge in [-0.2, -0.15) is 23.4 Å². The molecule has 4 aromatic rings. The van der Waals surface area contributed by atoms with Gasteiger partial charge >= 0.3 is 6.18 Å². The molecule has 0 saturated carbocycles. The maximum atomic E-state index is 14.9. The predicted octanol–water partition coefficient (Wildman–Crippen LogP) is 3.38. The third-order valence-electron chi connectivity index (χ3n) is 7.17. The van der Waals surface area contributed by atoms with Crippen LogP contribution in [-0.2, 0) is 11.3 Å². The number of nitrogens with zero attached hydrogens (tertiary/aromatic N) is 6. The van der Waals surface area contributed by atoms with Crippen molar-refractivity contribution in [3.63, 3.8) is 0 Å². The summed E-state index contributed by atoms with van der Waals surface area (Å²) < 4.78 is 70.2. The average molecular weight is 533 g/mol. The summed E-state index contributed by atoms with van der Waals surface area (Å²) in [4.78, 5) is 32.3. The van der Waals surface area contributed by atoms with Crippen LogP contribution in [0.2, 0.25) is 0 Å². The molecule has 0 bridgehead atoms. The van der Waals surface area contributed by atoms with Crippen molar-refractivity contribution in [2.24, 2.45) is 0 Å². The molecule has 2 saturated heterocycles. The molecule has 9 nitrogen and oxygen atoms in total. The Hall–Kier alpha value is -4.10. The van der Waals surface area contributed by atoms with Crippen LogP contribution in [0, 0.1) is 11.6 Å². The van der Waals surface area contributed by atoms with Gasteiger partial charge in [0.25, 0.3) is 5.91 Å². The van der Waals surface area contributed by atoms with Gasteiger partial charge in [0, 0.05) is 43.9 Å². The van der Waals surface area contributed by atoms with Crippen molar-refractivity contribution >= 4 is 33.8 Å². The van der Waals surface area contributed by atoms with Gasteiger partial charge in [0.2, 0.25) is 5.91 Å². The Bertz CT molecular complexity index is 1570. The first kappa shape index (κ1) is 24.2. The fourth-order valence-electron chi connectivity index (χ4n) is 5.31. The number of rotatable bonds is 4. The number of carbonyl (C=O) groups excluding carboxylic acids is 2. The van der Waals surface area contributed by atoms with Crippen LogP contribution in [0.15, 0.2) is 30.6 Å². The predicted molar refractivity (Wildman–Crippen MR) is 123 cm³/mol. The second-order valence-electron chi connectivity index (χ2n) is 9.51. The van der Waals surface area contributed by atoms with Gasteiger partial charge in [-0.25, -0.2) is 13.8 Å². The van der Waals surface area contributed by atoms with Crippen molar-refractivity contribution in [2.75, 3.05) is 19.6 Å². The van der Waals surface area contributed by atoms with Crippen LogP contribution < -0.4 is 0 Å². The van der Waals surface area contributed by atoms with Gasteiger partial charge in [-0.15, -0.1) is 0 Å². The summed E-state index contributed by atoms with van der Waals surface area (Å²) >= 11 is 0. The van der Waals surface area contributed by atoms with Gasteiger partial charge in [-0.05, 0) is 18.9 Å². The molecule has 0 radical (unpaired) electrons. The highest BCUT2D eigenvalue weighted by atomic mass is 19.4. The maximum absolute atomic E-state index is 14.9. The van der Waals surface area contributed by atoms with Crippen LogP contribution in [-0.4, -0.2) is 78.4 Å². The van der Waals surface area contributed by atoms with Gasteiger partial charge in [0.05, 0.1) is 33.7 Å². The monoisotopic (exact) mass is 533 g/mol. The Morgan fingerprint density at radius 1 is 1.16 bits per heavy atom. The molecule has 14 heteroatoms. The van der Waals surface area contributed by atoms with Crippen molar-refractivity contribution in [1.82, 2.24) is 34.8 Å². The van der Waals surface area contributed by atoms with Gasteiger partial charge in [-0.1, -0.05) is 0 Å². The van der Waals surface area contributed by atoms with E-state index in [1.807, 2.05) is 0 Å². The summed E-state index contributed by atoms with van der Waals surface area (Å²) in [7, 11) is 0. The number of H-pyrrole nitrogens is 1. The number of amides is 2. The number of benzene rings is 1. The molecule has 5 heterocycles. The molecule has 1 N–H and O–H groups in total. The normalized spacial score (nSPS) is 18.5. The Morgan fingerprint density at radius 2 is 1.95 bits per heavy atom. The van der Waals surface area contributed by atoms with Crippen molar-refractivity contribution in [1.29, 1.82) is 0 Å². The molecule has 198 valence electrons. The molecule has 0 spiro atoms. The van der Waals surface area contributed by atoms with E-state index in [-0.39, 0.29) is 55.0 Å². The van der Waals surface area contributed by atoms with Crippen molar-refractivity contribution in [3.05, 3.63) is 53.5 Å². The lowest BCUT2D eigenvalue weighted by Crippen LogP contribution is -2.48. The molecule has 2 amide bonds. The summed E-state index contributed by atoms with van der Waals surface area (Å²) in [5.41, 5.74) is 1.03. The summed E-state index contributed by atoms with van der Waals surface area (Å²) in [6.45, 7) is -0.299. The van der Waals surface area contributed by atoms with Crippen LogP contribution in [0.5, 0.6) is 0 Å². The first-order chi connectivity index (χ1) is 18.1. The Morgan fingerprint density at radius 3 is 2.71 bits per heavy atom. The third kappa shape index (κ3) is 3.94. The van der Waals surface area contributed by atoms with Gasteiger partial charge < -0.3 is 9.80 Å². The number of hydrogen-bond donors (Lipinski definition) is 1. The van der Waals surface area contributed by atoms with Crippen LogP contribution in [0.25, 0.3) is 21.9 Å². The average Bonchev–Trinajstić information content (AvgIpc) is 3.56. The number of aromatic nitrogens is 5. The van der Waals surface area contributed by atoms with E-state index in [9.17, 15) is 31.5 Å². The largest absolute Gasteiger partial charge is 0.408 e. The zero-order valence-corrected chi connectivity index (χ0v) is 19.7. The zero-order valence-electron chi connectivity index (χ0n) is 19.7. The number of hydrogen-bond acceptors (Lipinski definition) is 5. The van der Waals surface area contributed by atoms with Gasteiger partial charge in [0.15, 0.2) is 5.65 Å². The van der Waals surface area contributed by atoms with Gasteiger partial charge in [-0.3, -0.25) is 19.4 Å². The fourth-order valence-corrected chi connectivity index (χ4v) is 5.31. The van der Waals surface area contributed by atoms with E-state index in [4.69, 9.17) is 0 Å². The zero-order chi connectivity index (χ0) is 26.8. The number of likely N-dealkylation sites (tertiary alicyclic amines) is 2. The van der Waals surface area contributed by atoms with Crippen molar-refractivity contribution in [3.8, 4) is 0 Å². The topological polar surface area (TPSA) is 100 Å². The summed E-state index contributed by atoms with van der Waals surface area (Å²) in [5, 5.41) is 11.5. The molecule has 1 aromatic carbocycles. The minimum Gasteiger partial charge on any atom is -0.337 e. The standard InChI is InChI=1S/C24H20F5N7O2/c25-13-6-16(26)20-17(7-13)36(11-19(37)35-5-1-2-18(35)24(27,28)29)33-21(20)12-9-34(10-12)23(38)14-3-4-30-22-15(14)8-31-32-22/h3-4,6-8,12,18H,1-2,5,9-11H2,(H,30,31,32)/t18-/m0/s1. The van der Waals surface area contributed by atoms with E-state index in [1.165, 1.54) is 17.3 Å². The molecule has 2 aliphatic rings. The van der Waals surface area contributed by atoms with Crippen LogP contribution in [0.3, 0.4) is 0 Å². The molecule has 0 unspecified atom stereocenters. The van der Waals surface area contributed by atoms with Crippen LogP contribution in [0.4, 0.5) is 22.0 Å². The smallest absolute Gasteiger partial charge is 0.337 e. The van der Waals surface area contributed by atoms with Gasteiger partial charge in [0.1, 0.15) is 24.2 Å². The van der Waals surface area contributed by atoms with Crippen molar-refractivity contribution in [2.45, 2.75) is 37.5 Å². The highest BCUT2D eigenvalue weighted by Crippen LogP contribution is 2.36. The number of carbonyl (C=O) groups is 2. The molecule has 1 atom stereocenters. The first-order valence-corrected chi connectivity index (χ1v) is 11.9. The number of pyridine rings is 1. The minimum absolute atomic E-state index is 0.0220. The second-order valence-corrected chi connectivity index (χ2v) is 9.51. The highest BCUT2D eigenvalue weighted by Gasteiger charge is 2.47. The fraction of sp³-hybridized carbons (Fsp3) is 0.375. The molecule has 0 aliphatic carbocycles. The van der Waals surface area contributed by atoms with E-state index < -0.39 is 42.2 Å². The number of aromatic amines is 1. The summed E-state index contributed by atoms with van der Waals surface area (Å²) in [5.74, 6) is -3.35. The van der Waals surface area contributed by atoms with E-state index in [0.717, 1.165) is 15.6 Å². The Labute approximate surface area is 211 Å². The molecule has 38 heavy (non-hydrogen) atoms. The van der Waals surface area contributed by atoms with E-state index in [0.29, 0.717) is 22.7 Å². The molecular formula is C24H20F5N7O2. The number of fused-ring (bicyclic) bond motifs is 2. The lowest BCUT2D eigenvalue weighted by atomic mass is 9.92. The Balaban J connectivity index is 1.27. The molecule has 2 aliphatic heterocycles. The van der Waals surface area contributed by atoms with Crippen LogP contribution >= 0.6 is 0 Å². The van der Waals surface area contributed by atoms with E-state index in [2.05, 4.69) is 20.3 Å². The number of halogens is 5. The lowest BCUT2D eigenvalue weighted by molar-refractivity contribution is -0.183. The molecule has 3 aromatic heterocycles. The lowest BCUT2D eigenvalue weighted by Gasteiger charge is -2.38. The highest BCUT2D eigenvalue weighted by molar-refractivity contribution is 6.05. The molecule has 6 rings (SSSR count). The van der Waals surface area contributed by atoms with Crippen LogP contribution in [0.1, 0.15) is 34.8 Å². The van der Waals surface area contributed by atoms with E-state index in [1.54, 1.807) is 6.07 Å². The second kappa shape index (κ2) is 8.74. The third-order valence-corrected chi connectivity index (χ3v) is 7.17. The molecular weight excluding hydrogens is 513 g/mol. The maximum Gasteiger partial charge on any atom is 0.408 e. The SMILES string of the molecule is O=C(c1ccnc2[nH]ncc12)N1CC(c2nn(CC(=O)N3CCC[C@H]3C(F)(F)F)c3cc(F)cc(F)c23)C1. The quantitative estimate of drug-likeness (QED) is 0.406. The Kier molecular flexibility index (Phi) is 5.58. The first-order valence-electron chi connectivity index (χ1n) is 11.9. The van der Waals surface area contributed by atoms with Crippen molar-refractivity contribution < 1.29 is 31.5 Å². The number of nitrogens with one attached hydrogen (secondary N) is 1. The number of alkyl halides is 3.